The highest BCUT2D eigenvalue weighted by atomic mass is 15.3. The molecule has 1 aromatic heterocycles. The van der Waals surface area contributed by atoms with E-state index in [9.17, 15) is 0 Å². The van der Waals surface area contributed by atoms with E-state index < -0.39 is 0 Å². The lowest BCUT2D eigenvalue weighted by molar-refractivity contribution is 0.740. The van der Waals surface area contributed by atoms with Crippen molar-refractivity contribution < 1.29 is 0 Å². The molecule has 23 heavy (non-hydrogen) atoms. The van der Waals surface area contributed by atoms with Gasteiger partial charge in [-0.2, -0.15) is 4.98 Å². The van der Waals surface area contributed by atoms with Crippen LogP contribution in [0.25, 0.3) is 0 Å². The van der Waals surface area contributed by atoms with Gasteiger partial charge >= 0.3 is 0 Å². The van der Waals surface area contributed by atoms with E-state index in [0.717, 1.165) is 37.1 Å². The zero-order valence-electron chi connectivity index (χ0n) is 14.5. The molecule has 2 rings (SSSR count). The molecule has 0 aliphatic rings. The Labute approximate surface area is 140 Å². The van der Waals surface area contributed by atoms with E-state index in [2.05, 4.69) is 53.3 Å². The largest absolute Gasteiger partial charge is 0.370 e. The van der Waals surface area contributed by atoms with Crippen LogP contribution in [0, 0.1) is 6.92 Å². The molecule has 4 heteroatoms. The highest BCUT2D eigenvalue weighted by Crippen LogP contribution is 2.16. The summed E-state index contributed by atoms with van der Waals surface area (Å²) >= 11 is 0. The number of rotatable bonds is 9. The number of unbranched alkanes of at least 4 members (excludes halogenated alkanes) is 2. The van der Waals surface area contributed by atoms with Crippen LogP contribution < -0.4 is 10.2 Å². The Morgan fingerprint density at radius 3 is 2.52 bits per heavy atom. The zero-order valence-corrected chi connectivity index (χ0v) is 14.5. The van der Waals surface area contributed by atoms with Crippen molar-refractivity contribution in [3.63, 3.8) is 0 Å². The highest BCUT2D eigenvalue weighted by molar-refractivity contribution is 5.44. The molecular formula is C19H28N4. The Kier molecular flexibility index (Phi) is 6.85. The van der Waals surface area contributed by atoms with E-state index in [1.807, 2.05) is 19.1 Å². The Morgan fingerprint density at radius 1 is 1.04 bits per heavy atom. The topological polar surface area (TPSA) is 41.1 Å². The van der Waals surface area contributed by atoms with Gasteiger partial charge in [0.15, 0.2) is 0 Å². The summed E-state index contributed by atoms with van der Waals surface area (Å²) in [7, 11) is 0. The number of nitrogens with one attached hydrogen (secondary N) is 1. The average molecular weight is 312 g/mol. The lowest BCUT2D eigenvalue weighted by Gasteiger charge is -2.22. The third-order valence-corrected chi connectivity index (χ3v) is 3.81. The number of hydrogen-bond acceptors (Lipinski definition) is 4. The number of nitrogens with zero attached hydrogens (tertiary/aromatic N) is 3. The molecule has 124 valence electrons. The molecule has 0 saturated carbocycles. The molecule has 0 bridgehead atoms. The second-order valence-corrected chi connectivity index (χ2v) is 5.83. The summed E-state index contributed by atoms with van der Waals surface area (Å²) in [6, 6.07) is 12.5. The maximum absolute atomic E-state index is 4.70. The van der Waals surface area contributed by atoms with Crippen molar-refractivity contribution in [2.75, 3.05) is 23.3 Å². The average Bonchev–Trinajstić information content (AvgIpc) is 2.57. The molecular weight excluding hydrogens is 284 g/mol. The normalized spacial score (nSPS) is 10.6. The van der Waals surface area contributed by atoms with Crippen LogP contribution in [0.1, 0.15) is 44.4 Å². The summed E-state index contributed by atoms with van der Waals surface area (Å²) in [6.07, 6.45) is 3.66. The molecule has 4 nitrogen and oxygen atoms in total. The van der Waals surface area contributed by atoms with E-state index in [-0.39, 0.29) is 0 Å². The third kappa shape index (κ3) is 5.55. The molecule has 0 amide bonds. The molecule has 0 radical (unpaired) electrons. The van der Waals surface area contributed by atoms with Gasteiger partial charge in [-0.3, -0.25) is 0 Å². The molecule has 1 aromatic carbocycles. The summed E-state index contributed by atoms with van der Waals surface area (Å²) in [5.74, 6) is 1.73. The minimum absolute atomic E-state index is 0.800. The van der Waals surface area contributed by atoms with Crippen molar-refractivity contribution in [2.24, 2.45) is 0 Å². The Balaban J connectivity index is 2.08. The summed E-state index contributed by atoms with van der Waals surface area (Å²) < 4.78 is 0. The predicted molar refractivity (Wildman–Crippen MR) is 97.9 cm³/mol. The van der Waals surface area contributed by atoms with E-state index in [4.69, 9.17) is 4.98 Å². The van der Waals surface area contributed by atoms with Gasteiger partial charge in [-0.15, -0.1) is 0 Å². The van der Waals surface area contributed by atoms with Crippen LogP contribution in [-0.2, 0) is 6.54 Å². The third-order valence-electron chi connectivity index (χ3n) is 3.81. The fourth-order valence-electron chi connectivity index (χ4n) is 2.50. The van der Waals surface area contributed by atoms with Gasteiger partial charge in [0.25, 0.3) is 0 Å². The van der Waals surface area contributed by atoms with Gasteiger partial charge in [0.2, 0.25) is 5.95 Å². The van der Waals surface area contributed by atoms with Gasteiger partial charge in [0.1, 0.15) is 5.82 Å². The first-order chi connectivity index (χ1) is 11.2. The van der Waals surface area contributed by atoms with Gasteiger partial charge in [0.05, 0.1) is 0 Å². The molecule has 0 aliphatic carbocycles. The fraction of sp³-hybridized carbons (Fsp3) is 0.474. The van der Waals surface area contributed by atoms with Gasteiger partial charge in [-0.1, -0.05) is 50.1 Å². The number of aryl methyl sites for hydroxylation is 1. The molecule has 0 spiro atoms. The monoisotopic (exact) mass is 312 g/mol. The lowest BCUT2D eigenvalue weighted by atomic mass is 10.2. The predicted octanol–water partition coefficient (Wildman–Crippen LogP) is 4.41. The number of hydrogen-bond donors (Lipinski definition) is 1. The summed E-state index contributed by atoms with van der Waals surface area (Å²) in [4.78, 5) is 11.5. The van der Waals surface area contributed by atoms with E-state index >= 15 is 0 Å². The van der Waals surface area contributed by atoms with Crippen LogP contribution in [-0.4, -0.2) is 23.1 Å². The summed E-state index contributed by atoms with van der Waals surface area (Å²) in [5, 5.41) is 3.43. The van der Waals surface area contributed by atoms with E-state index in [1.54, 1.807) is 0 Å². The maximum Gasteiger partial charge on any atom is 0.227 e. The van der Waals surface area contributed by atoms with E-state index in [1.165, 1.54) is 24.8 Å². The first kappa shape index (κ1) is 17.3. The smallest absolute Gasteiger partial charge is 0.227 e. The quantitative estimate of drug-likeness (QED) is 0.696. The van der Waals surface area contributed by atoms with Crippen LogP contribution in [0.15, 0.2) is 36.4 Å². The molecule has 1 heterocycles. The lowest BCUT2D eigenvalue weighted by Crippen LogP contribution is -2.25. The van der Waals surface area contributed by atoms with Gasteiger partial charge < -0.3 is 10.2 Å². The molecule has 0 fully saturated rings. The van der Waals surface area contributed by atoms with E-state index in [0.29, 0.717) is 0 Å². The molecule has 0 saturated heterocycles. The zero-order chi connectivity index (χ0) is 16.5. The number of anilines is 2. The van der Waals surface area contributed by atoms with Crippen LogP contribution in [0.2, 0.25) is 0 Å². The first-order valence-corrected chi connectivity index (χ1v) is 8.61. The van der Waals surface area contributed by atoms with Crippen LogP contribution >= 0.6 is 0 Å². The molecule has 1 N–H and O–H groups in total. The SMILES string of the molecule is CCCCCNc1cc(C)nc(N(CC)Cc2ccccc2)n1. The molecule has 2 aromatic rings. The second-order valence-electron chi connectivity index (χ2n) is 5.83. The first-order valence-electron chi connectivity index (χ1n) is 8.61. The maximum atomic E-state index is 4.70. The Bertz CT molecular complexity index is 583. The second kappa shape index (κ2) is 9.13. The van der Waals surface area contributed by atoms with Crippen molar-refractivity contribution in [3.8, 4) is 0 Å². The van der Waals surface area contributed by atoms with Crippen molar-refractivity contribution in [3.05, 3.63) is 47.7 Å². The van der Waals surface area contributed by atoms with Crippen molar-refractivity contribution in [1.29, 1.82) is 0 Å². The summed E-state index contributed by atoms with van der Waals surface area (Å²) in [5.41, 5.74) is 2.27. The van der Waals surface area contributed by atoms with Gasteiger partial charge in [-0.25, -0.2) is 4.98 Å². The molecule has 0 unspecified atom stereocenters. The fourth-order valence-corrected chi connectivity index (χ4v) is 2.50. The Hall–Kier alpha value is -2.10. The van der Waals surface area contributed by atoms with Crippen molar-refractivity contribution in [1.82, 2.24) is 9.97 Å². The van der Waals surface area contributed by atoms with Crippen LogP contribution in [0.5, 0.6) is 0 Å². The van der Waals surface area contributed by atoms with Crippen molar-refractivity contribution >= 4 is 11.8 Å². The van der Waals surface area contributed by atoms with Gasteiger partial charge in [0, 0.05) is 31.4 Å². The van der Waals surface area contributed by atoms with Crippen LogP contribution in [0.4, 0.5) is 11.8 Å². The van der Waals surface area contributed by atoms with Crippen LogP contribution in [0.3, 0.4) is 0 Å². The molecule has 0 aliphatic heterocycles. The highest BCUT2D eigenvalue weighted by Gasteiger charge is 2.10. The number of benzene rings is 1. The standard InChI is InChI=1S/C19H28N4/c1-4-6-10-13-20-18-14-16(3)21-19(22-18)23(5-2)15-17-11-8-7-9-12-17/h7-9,11-12,14H,4-6,10,13,15H2,1-3H3,(H,20,21,22). The van der Waals surface area contributed by atoms with Crippen molar-refractivity contribution in [2.45, 2.75) is 46.6 Å². The number of aromatic nitrogens is 2. The minimum Gasteiger partial charge on any atom is -0.370 e. The Morgan fingerprint density at radius 2 is 1.83 bits per heavy atom. The summed E-state index contributed by atoms with van der Waals surface area (Å²) in [6.45, 7) is 9.07. The van der Waals surface area contributed by atoms with Gasteiger partial charge in [-0.05, 0) is 25.8 Å². The minimum atomic E-state index is 0.800. The molecule has 0 atom stereocenters.